The van der Waals surface area contributed by atoms with E-state index in [-0.39, 0.29) is 5.11 Å². The Hall–Kier alpha value is -1.38. The first-order chi connectivity index (χ1) is 12.7. The van der Waals surface area contributed by atoms with Gasteiger partial charge in [-0.1, -0.05) is 68.9 Å². The van der Waals surface area contributed by atoms with Crippen molar-refractivity contribution in [3.05, 3.63) is 64.8 Å². The number of benzene rings is 1. The molecule has 0 radical (unpaired) electrons. The largest absolute Gasteiger partial charge is 0.339 e. The normalized spacial score (nSPS) is 12.4. The molecule has 0 aliphatic carbocycles. The number of nitrogens with one attached hydrogen (secondary N) is 3. The van der Waals surface area contributed by atoms with Crippen LogP contribution in [0, 0.1) is 0 Å². The molecule has 3 N–H and O–H groups in total. The van der Waals surface area contributed by atoms with E-state index in [2.05, 4.69) is 36.9 Å². The van der Waals surface area contributed by atoms with Gasteiger partial charge in [-0.15, -0.1) is 0 Å². The van der Waals surface area contributed by atoms with Gasteiger partial charge in [0, 0.05) is 16.7 Å². The highest BCUT2D eigenvalue weighted by molar-refractivity contribution is 9.10. The number of hydrogen-bond donors (Lipinski definition) is 3. The summed E-state index contributed by atoms with van der Waals surface area (Å²) in [6, 6.07) is 12.7. The number of rotatable bonds is 5. The quantitative estimate of drug-likeness (QED) is 0.237. The van der Waals surface area contributed by atoms with Gasteiger partial charge in [-0.2, -0.15) is 0 Å². The summed E-state index contributed by atoms with van der Waals surface area (Å²) in [4.78, 5) is 16.3. The molecule has 1 unspecified atom stereocenters. The number of carbonyl (C=O) groups excluding carboxylic acids is 1. The van der Waals surface area contributed by atoms with E-state index in [9.17, 15) is 4.79 Å². The maximum atomic E-state index is 12.2. The molecule has 142 valence electrons. The molecule has 1 heterocycles. The highest BCUT2D eigenvalue weighted by Gasteiger charge is 2.34. The third-order valence-corrected chi connectivity index (χ3v) is 4.50. The molecule has 0 bridgehead atoms. The molecule has 0 spiro atoms. The summed E-state index contributed by atoms with van der Waals surface area (Å²) in [6.07, 6.45) is 3.52. The third-order valence-electron chi connectivity index (χ3n) is 3.09. The topological polar surface area (TPSA) is 66.1 Å². The molecular weight excluding hydrogens is 495 g/mol. The molecule has 1 atom stereocenters. The summed E-state index contributed by atoms with van der Waals surface area (Å²) < 4.78 is -0.893. The highest BCUT2D eigenvalue weighted by Crippen LogP contribution is 2.29. The lowest BCUT2D eigenvalue weighted by Crippen LogP contribution is -2.55. The molecule has 0 aliphatic heterocycles. The van der Waals surface area contributed by atoms with E-state index in [4.69, 9.17) is 47.0 Å². The van der Waals surface area contributed by atoms with Gasteiger partial charge in [-0.05, 0) is 48.1 Å². The first kappa shape index (κ1) is 21.9. The first-order valence-electron chi connectivity index (χ1n) is 7.53. The second-order valence-corrected chi connectivity index (χ2v) is 8.87. The van der Waals surface area contributed by atoms with Crippen LogP contribution in [0.3, 0.4) is 0 Å². The average Bonchev–Trinajstić information content (AvgIpc) is 2.61. The standard InChI is InChI=1S/C17H14BrCl3N4OS/c18-12-7-4-11(5-8-12)6-9-14(26)24-15(17(19,20)21)25-16(27)23-13-3-1-2-10-22-13/h1-10,15H,(H,24,26)(H2,22,23,25,27)/b9-6+. The summed E-state index contributed by atoms with van der Waals surface area (Å²) in [5.41, 5.74) is 0.846. The molecule has 0 aliphatic rings. The Morgan fingerprint density at radius 3 is 2.44 bits per heavy atom. The van der Waals surface area contributed by atoms with Gasteiger partial charge in [0.2, 0.25) is 9.70 Å². The lowest BCUT2D eigenvalue weighted by molar-refractivity contribution is -0.117. The Kier molecular flexibility index (Phi) is 8.31. The molecule has 0 fully saturated rings. The second-order valence-electron chi connectivity index (χ2n) is 5.18. The number of amides is 1. The van der Waals surface area contributed by atoms with E-state index < -0.39 is 15.9 Å². The number of carbonyl (C=O) groups is 1. The molecule has 27 heavy (non-hydrogen) atoms. The minimum absolute atomic E-state index is 0.141. The minimum Gasteiger partial charge on any atom is -0.339 e. The zero-order valence-corrected chi connectivity index (χ0v) is 18.3. The first-order valence-corrected chi connectivity index (χ1v) is 9.87. The maximum Gasteiger partial charge on any atom is 0.245 e. The Bertz CT molecular complexity index is 813. The molecule has 1 amide bonds. The van der Waals surface area contributed by atoms with Gasteiger partial charge in [0.25, 0.3) is 0 Å². The summed E-state index contributed by atoms with van der Waals surface area (Å²) in [7, 11) is 0. The molecule has 5 nitrogen and oxygen atoms in total. The van der Waals surface area contributed by atoms with Crippen molar-refractivity contribution in [2.24, 2.45) is 0 Å². The SMILES string of the molecule is O=C(/C=C/c1ccc(Br)cc1)NC(NC(=S)Nc1ccccn1)C(Cl)(Cl)Cl. The number of aromatic nitrogens is 1. The molecule has 2 aromatic rings. The lowest BCUT2D eigenvalue weighted by Gasteiger charge is -2.27. The van der Waals surface area contributed by atoms with Crippen molar-refractivity contribution in [1.29, 1.82) is 0 Å². The van der Waals surface area contributed by atoms with Gasteiger partial charge < -0.3 is 16.0 Å². The number of thiocarbonyl (C=S) groups is 1. The van der Waals surface area contributed by atoms with Crippen molar-refractivity contribution < 1.29 is 4.79 Å². The van der Waals surface area contributed by atoms with Crippen LogP contribution in [0.25, 0.3) is 6.08 Å². The van der Waals surface area contributed by atoms with Gasteiger partial charge in [-0.3, -0.25) is 4.79 Å². The van der Waals surface area contributed by atoms with Crippen LogP contribution in [0.2, 0.25) is 0 Å². The number of halogens is 4. The van der Waals surface area contributed by atoms with Crippen LogP contribution in [0.1, 0.15) is 5.56 Å². The fourth-order valence-electron chi connectivity index (χ4n) is 1.86. The molecule has 1 aromatic heterocycles. The van der Waals surface area contributed by atoms with Crippen LogP contribution < -0.4 is 16.0 Å². The van der Waals surface area contributed by atoms with E-state index in [1.807, 2.05) is 24.3 Å². The highest BCUT2D eigenvalue weighted by atomic mass is 79.9. The van der Waals surface area contributed by atoms with E-state index in [1.54, 1.807) is 30.5 Å². The maximum absolute atomic E-state index is 12.2. The summed E-state index contributed by atoms with van der Waals surface area (Å²) in [5.74, 6) is 0.0573. The molecule has 2 rings (SSSR count). The van der Waals surface area contributed by atoms with Crippen LogP contribution in [0.5, 0.6) is 0 Å². The summed E-state index contributed by atoms with van der Waals surface area (Å²) >= 11 is 26.4. The predicted octanol–water partition coefficient (Wildman–Crippen LogP) is 4.66. The van der Waals surface area contributed by atoms with Crippen molar-refractivity contribution >= 4 is 85.9 Å². The smallest absolute Gasteiger partial charge is 0.245 e. The van der Waals surface area contributed by atoms with Crippen LogP contribution in [0.15, 0.2) is 59.2 Å². The lowest BCUT2D eigenvalue weighted by atomic mass is 10.2. The number of alkyl halides is 3. The Labute approximate surface area is 185 Å². The Morgan fingerprint density at radius 2 is 1.85 bits per heavy atom. The van der Waals surface area contributed by atoms with Crippen LogP contribution in [-0.2, 0) is 4.79 Å². The summed E-state index contributed by atoms with van der Waals surface area (Å²) in [6.45, 7) is 0. The van der Waals surface area contributed by atoms with Crippen LogP contribution >= 0.6 is 63.0 Å². The van der Waals surface area contributed by atoms with Crippen molar-refractivity contribution in [2.45, 2.75) is 9.96 Å². The van der Waals surface area contributed by atoms with Crippen molar-refractivity contribution in [3.8, 4) is 0 Å². The van der Waals surface area contributed by atoms with Crippen molar-refractivity contribution in [3.63, 3.8) is 0 Å². The zero-order valence-electron chi connectivity index (χ0n) is 13.6. The summed E-state index contributed by atoms with van der Waals surface area (Å²) in [5, 5.41) is 8.30. The van der Waals surface area contributed by atoms with Crippen molar-refractivity contribution in [2.75, 3.05) is 5.32 Å². The van der Waals surface area contributed by atoms with Gasteiger partial charge in [0.05, 0.1) is 0 Å². The van der Waals surface area contributed by atoms with Gasteiger partial charge in [-0.25, -0.2) is 4.98 Å². The molecule has 0 saturated carbocycles. The van der Waals surface area contributed by atoms with Gasteiger partial charge in [0.1, 0.15) is 12.0 Å². The van der Waals surface area contributed by atoms with E-state index >= 15 is 0 Å². The van der Waals surface area contributed by atoms with E-state index in [0.717, 1.165) is 10.0 Å². The van der Waals surface area contributed by atoms with Crippen LogP contribution in [-0.4, -0.2) is 26.0 Å². The second kappa shape index (κ2) is 10.2. The number of hydrogen-bond acceptors (Lipinski definition) is 3. The Morgan fingerprint density at radius 1 is 1.15 bits per heavy atom. The molecule has 10 heteroatoms. The molecule has 0 saturated heterocycles. The Balaban J connectivity index is 1.98. The number of anilines is 1. The zero-order chi connectivity index (χ0) is 19.9. The number of pyridine rings is 1. The van der Waals surface area contributed by atoms with Gasteiger partial charge >= 0.3 is 0 Å². The average molecular weight is 509 g/mol. The molecular formula is C17H14BrCl3N4OS. The van der Waals surface area contributed by atoms with Crippen molar-refractivity contribution in [1.82, 2.24) is 15.6 Å². The number of nitrogens with zero attached hydrogens (tertiary/aromatic N) is 1. The predicted molar refractivity (Wildman–Crippen MR) is 119 cm³/mol. The van der Waals surface area contributed by atoms with E-state index in [0.29, 0.717) is 5.82 Å². The minimum atomic E-state index is -1.84. The van der Waals surface area contributed by atoms with Gasteiger partial charge in [0.15, 0.2) is 5.11 Å². The van der Waals surface area contributed by atoms with Crippen LogP contribution in [0.4, 0.5) is 5.82 Å². The monoisotopic (exact) mass is 506 g/mol. The third kappa shape index (κ3) is 8.02. The molecule has 1 aromatic carbocycles. The fraction of sp³-hybridized carbons (Fsp3) is 0.118. The van der Waals surface area contributed by atoms with E-state index in [1.165, 1.54) is 6.08 Å². The fourth-order valence-corrected chi connectivity index (χ4v) is 2.67.